The van der Waals surface area contributed by atoms with Gasteiger partial charge in [-0.3, -0.25) is 9.59 Å². The fraction of sp³-hybridized carbons (Fsp3) is 0.381. The number of benzene rings is 1. The molecular weight excluding hydrogens is 381 g/mol. The maximum atomic E-state index is 12.7. The predicted molar refractivity (Wildman–Crippen MR) is 104 cm³/mol. The number of nitrogens with one attached hydrogen (secondary N) is 1. The summed E-state index contributed by atoms with van der Waals surface area (Å²) in [7, 11) is 1.71. The molecule has 1 atom stereocenters. The molecule has 0 saturated carbocycles. The average molecular weight is 407 g/mol. The van der Waals surface area contributed by atoms with E-state index in [1.165, 1.54) is 0 Å². The smallest absolute Gasteiger partial charge is 0.548 e. The summed E-state index contributed by atoms with van der Waals surface area (Å²) in [5.74, 6) is -1.88. The van der Waals surface area contributed by atoms with Crippen LogP contribution in [0.25, 0.3) is 0 Å². The van der Waals surface area contributed by atoms with Crippen molar-refractivity contribution in [1.82, 2.24) is 9.88 Å². The molecule has 1 aromatic heterocycles. The molecule has 1 aromatic carbocycles. The first kappa shape index (κ1) is 25.1. The van der Waals surface area contributed by atoms with E-state index in [9.17, 15) is 19.5 Å². The third-order valence-electron chi connectivity index (χ3n) is 4.68. The van der Waals surface area contributed by atoms with Crippen LogP contribution in [0.15, 0.2) is 36.4 Å². The summed E-state index contributed by atoms with van der Waals surface area (Å²) < 4.78 is 1.66. The van der Waals surface area contributed by atoms with Crippen molar-refractivity contribution in [3.05, 3.63) is 58.9 Å². The number of ketones is 1. The number of carboxylic acid groups (broad SMARTS) is 1. The number of aryl methyl sites for hydroxylation is 1. The molecule has 0 saturated heterocycles. The van der Waals surface area contributed by atoms with Gasteiger partial charge in [-0.25, -0.2) is 0 Å². The molecule has 2 aromatic rings. The van der Waals surface area contributed by atoms with Crippen molar-refractivity contribution in [2.75, 3.05) is 6.54 Å². The Labute approximate surface area is 193 Å². The number of carbonyl (C=O) groups is 3. The molecule has 150 valence electrons. The van der Waals surface area contributed by atoms with Gasteiger partial charge in [-0.2, -0.15) is 0 Å². The Morgan fingerprint density at radius 2 is 1.76 bits per heavy atom. The van der Waals surface area contributed by atoms with Crippen LogP contribution in [0.1, 0.15) is 46.6 Å². The van der Waals surface area contributed by atoms with Gasteiger partial charge in [-0.15, -0.1) is 0 Å². The average Bonchev–Trinajstić information content (AvgIpc) is 3.01. The zero-order valence-corrected chi connectivity index (χ0v) is 19.2. The quantitative estimate of drug-likeness (QED) is 0.256. The van der Waals surface area contributed by atoms with E-state index >= 15 is 0 Å². The third kappa shape index (κ3) is 7.12. The molecule has 7 nitrogen and oxygen atoms in total. The van der Waals surface area contributed by atoms with Crippen LogP contribution >= 0.6 is 0 Å². The van der Waals surface area contributed by atoms with Crippen LogP contribution in [-0.2, 0) is 23.1 Å². The fourth-order valence-corrected chi connectivity index (χ4v) is 2.96. The first-order valence-electron chi connectivity index (χ1n) is 9.29. The summed E-state index contributed by atoms with van der Waals surface area (Å²) >= 11 is 0. The van der Waals surface area contributed by atoms with E-state index in [2.05, 4.69) is 5.32 Å². The topological polar surface area (TPSA) is 117 Å². The number of nitrogens with zero attached hydrogens (tertiary/aromatic N) is 1. The van der Waals surface area contributed by atoms with Crippen molar-refractivity contribution >= 4 is 17.7 Å². The van der Waals surface area contributed by atoms with Crippen LogP contribution in [-0.4, -0.2) is 34.8 Å². The molecule has 0 radical (unpaired) electrons. The molecule has 1 heterocycles. The van der Waals surface area contributed by atoms with Crippen molar-refractivity contribution in [3.8, 4) is 0 Å². The molecule has 0 bridgehead atoms. The minimum absolute atomic E-state index is 0. The van der Waals surface area contributed by atoms with Crippen LogP contribution in [0.3, 0.4) is 0 Å². The Hall–Kier alpha value is -1.93. The molecule has 2 rings (SSSR count). The standard InChI is InChI=1S/C21H27N3O4.Na/c1-14-6-8-15(9-7-14)20(26)18-11-10-16(24(18)2)13-19(25)23-17(21(27)28)5-3-4-12-22;/h6-11,17H,3-5,12-13,22H2,1-2H3,(H,23,25)(H,27,28);/q;+1/p-1/t17-;/m0./s1. The first-order valence-corrected chi connectivity index (χ1v) is 9.29. The second-order valence-electron chi connectivity index (χ2n) is 6.86. The molecule has 0 unspecified atom stereocenters. The Balaban J connectivity index is 0.00000420. The number of unbranched alkanes of at least 4 members (excludes halogenated alkanes) is 1. The van der Waals surface area contributed by atoms with Crippen LogP contribution in [0.4, 0.5) is 0 Å². The zero-order valence-electron chi connectivity index (χ0n) is 17.2. The number of aliphatic carboxylic acids is 1. The Morgan fingerprint density at radius 3 is 2.34 bits per heavy atom. The SMILES string of the molecule is Cc1ccc(C(=O)c2ccc(CC(=O)N[C@@H](CCCCN)C(=O)[O-])n2C)cc1.[Na+]. The second kappa shape index (κ2) is 11.9. The summed E-state index contributed by atoms with van der Waals surface area (Å²) in [6.45, 7) is 2.41. The van der Waals surface area contributed by atoms with Gasteiger partial charge in [0.15, 0.2) is 0 Å². The molecular formula is C21H26N3NaO4. The molecule has 29 heavy (non-hydrogen) atoms. The number of hydrogen-bond acceptors (Lipinski definition) is 5. The van der Waals surface area contributed by atoms with Crippen LogP contribution in [0.2, 0.25) is 0 Å². The van der Waals surface area contributed by atoms with Gasteiger partial charge in [0, 0.05) is 18.3 Å². The second-order valence-corrected chi connectivity index (χ2v) is 6.86. The molecule has 0 spiro atoms. The summed E-state index contributed by atoms with van der Waals surface area (Å²) in [4.78, 5) is 36.2. The number of carboxylic acids is 1. The van der Waals surface area contributed by atoms with Crippen LogP contribution < -0.4 is 45.7 Å². The van der Waals surface area contributed by atoms with Crippen molar-refractivity contribution in [2.24, 2.45) is 12.8 Å². The minimum atomic E-state index is -1.31. The van der Waals surface area contributed by atoms with Gasteiger partial charge in [0.05, 0.1) is 24.1 Å². The zero-order chi connectivity index (χ0) is 20.7. The molecule has 0 fully saturated rings. The van der Waals surface area contributed by atoms with Gasteiger partial charge in [0.25, 0.3) is 0 Å². The van der Waals surface area contributed by atoms with E-state index in [1.807, 2.05) is 19.1 Å². The van der Waals surface area contributed by atoms with Crippen LogP contribution in [0, 0.1) is 6.92 Å². The Morgan fingerprint density at radius 1 is 1.10 bits per heavy atom. The van der Waals surface area contributed by atoms with E-state index in [-0.39, 0.29) is 48.2 Å². The fourth-order valence-electron chi connectivity index (χ4n) is 2.96. The molecule has 0 aliphatic carbocycles. The van der Waals surface area contributed by atoms with Crippen molar-refractivity contribution in [1.29, 1.82) is 0 Å². The molecule has 0 aliphatic rings. The minimum Gasteiger partial charge on any atom is -0.548 e. The van der Waals surface area contributed by atoms with E-state index < -0.39 is 17.9 Å². The van der Waals surface area contributed by atoms with E-state index in [0.717, 1.165) is 5.56 Å². The van der Waals surface area contributed by atoms with E-state index in [0.29, 0.717) is 36.3 Å². The largest absolute Gasteiger partial charge is 1.00 e. The number of hydrogen-bond donors (Lipinski definition) is 2. The predicted octanol–water partition coefficient (Wildman–Crippen LogP) is -2.53. The van der Waals surface area contributed by atoms with Gasteiger partial charge in [0.1, 0.15) is 0 Å². The van der Waals surface area contributed by atoms with Gasteiger partial charge >= 0.3 is 29.6 Å². The van der Waals surface area contributed by atoms with Gasteiger partial charge in [-0.05, 0) is 44.9 Å². The number of aromatic nitrogens is 1. The third-order valence-corrected chi connectivity index (χ3v) is 4.68. The van der Waals surface area contributed by atoms with Crippen molar-refractivity contribution < 1.29 is 49.0 Å². The van der Waals surface area contributed by atoms with Crippen LogP contribution in [0.5, 0.6) is 0 Å². The number of carbonyl (C=O) groups excluding carboxylic acids is 3. The Bertz CT molecular complexity index is 846. The molecule has 8 heteroatoms. The first-order chi connectivity index (χ1) is 13.3. The van der Waals surface area contributed by atoms with E-state index in [1.54, 1.807) is 35.9 Å². The number of rotatable bonds is 10. The molecule has 0 aliphatic heterocycles. The summed E-state index contributed by atoms with van der Waals surface area (Å²) in [6.07, 6.45) is 1.52. The number of amides is 1. The summed E-state index contributed by atoms with van der Waals surface area (Å²) in [5.41, 5.74) is 8.12. The van der Waals surface area contributed by atoms with Crippen molar-refractivity contribution in [3.63, 3.8) is 0 Å². The van der Waals surface area contributed by atoms with E-state index in [4.69, 9.17) is 5.73 Å². The van der Waals surface area contributed by atoms with Gasteiger partial charge in [0.2, 0.25) is 11.7 Å². The van der Waals surface area contributed by atoms with Gasteiger partial charge < -0.3 is 25.5 Å². The maximum Gasteiger partial charge on any atom is 1.00 e. The van der Waals surface area contributed by atoms with Gasteiger partial charge in [-0.1, -0.05) is 29.8 Å². The molecule has 3 N–H and O–H groups in total. The van der Waals surface area contributed by atoms with Crippen molar-refractivity contribution in [2.45, 2.75) is 38.6 Å². The number of nitrogens with two attached hydrogens (primary N) is 1. The summed E-state index contributed by atoms with van der Waals surface area (Å²) in [6, 6.07) is 9.59. The Kier molecular flexibility index (Phi) is 10.3. The monoisotopic (exact) mass is 407 g/mol. The molecule has 1 amide bonds. The summed E-state index contributed by atoms with van der Waals surface area (Å²) in [5, 5.41) is 13.7. The normalized spacial score (nSPS) is 11.4. The maximum absolute atomic E-state index is 12.7.